The highest BCUT2D eigenvalue weighted by atomic mass is 33.1. The summed E-state index contributed by atoms with van der Waals surface area (Å²) in [5, 5.41) is 37.7. The molecule has 0 spiro atoms. The Balaban J connectivity index is 2.12. The van der Waals surface area contributed by atoms with E-state index >= 15 is 0 Å². The van der Waals surface area contributed by atoms with E-state index < -0.39 is 59.6 Å². The van der Waals surface area contributed by atoms with Gasteiger partial charge in [0, 0.05) is 35.4 Å². The lowest BCUT2D eigenvalue weighted by Crippen LogP contribution is -2.49. The Labute approximate surface area is 314 Å². The number of Topliss-reactive ketones (excluding diaryl/α,β-unsaturated/α-hetero) is 1. The molecule has 2 heterocycles. The van der Waals surface area contributed by atoms with E-state index in [4.69, 9.17) is 19.3 Å². The largest absolute Gasteiger partial charge is 0.508 e. The van der Waals surface area contributed by atoms with Crippen LogP contribution in [0.1, 0.15) is 91.3 Å². The van der Waals surface area contributed by atoms with Crippen LogP contribution in [0.3, 0.4) is 0 Å². The summed E-state index contributed by atoms with van der Waals surface area (Å²) in [6.07, 6.45) is 1.51. The second-order valence-corrected chi connectivity index (χ2v) is 17.8. The molecule has 7 unspecified atom stereocenters. The highest BCUT2D eigenvalue weighted by Crippen LogP contribution is 2.34. The van der Waals surface area contributed by atoms with Gasteiger partial charge in [-0.2, -0.15) is 0 Å². The van der Waals surface area contributed by atoms with Crippen molar-refractivity contribution in [3.63, 3.8) is 0 Å². The van der Waals surface area contributed by atoms with Crippen molar-refractivity contribution in [2.45, 2.75) is 112 Å². The highest BCUT2D eigenvalue weighted by molar-refractivity contribution is 8.76. The van der Waals surface area contributed by atoms with Gasteiger partial charge in [0.25, 0.3) is 0 Å². The molecule has 4 N–H and O–H groups in total. The number of aliphatic hydroxyl groups is 2. The molecular formula is C36H58N2O10S3. The number of hydrogen-bond acceptors (Lipinski definition) is 14. The number of ether oxygens (including phenoxy) is 3. The molecule has 0 saturated carbocycles. The number of hydrogen-bond donors (Lipinski definition) is 4. The van der Waals surface area contributed by atoms with Crippen molar-refractivity contribution in [1.29, 1.82) is 0 Å². The first kappa shape index (κ1) is 45.0. The molecule has 1 aromatic heterocycles. The van der Waals surface area contributed by atoms with Gasteiger partial charge in [0.1, 0.15) is 25.1 Å². The molecule has 51 heavy (non-hydrogen) atoms. The molecular weight excluding hydrogens is 717 g/mol. The lowest BCUT2D eigenvalue weighted by molar-refractivity contribution is -0.162. The minimum atomic E-state index is -1.33. The van der Waals surface area contributed by atoms with Crippen LogP contribution >= 0.6 is 32.9 Å². The maximum absolute atomic E-state index is 13.6. The topological polar surface area (TPSA) is 182 Å². The Kier molecular flexibility index (Phi) is 19.5. The van der Waals surface area contributed by atoms with Gasteiger partial charge < -0.3 is 34.8 Å². The van der Waals surface area contributed by atoms with E-state index in [1.54, 1.807) is 34.6 Å². The fourth-order valence-electron chi connectivity index (χ4n) is 5.97. The average molecular weight is 775 g/mol. The number of nitrogens with one attached hydrogen (secondary N) is 1. The van der Waals surface area contributed by atoms with Gasteiger partial charge in [0.2, 0.25) is 0 Å². The molecule has 1 aromatic rings. The fraction of sp³-hybridized carbons (Fsp3) is 0.750. The van der Waals surface area contributed by atoms with Gasteiger partial charge in [-0.25, -0.2) is 9.78 Å². The molecule has 1 fully saturated rings. The molecule has 15 heteroatoms. The first-order valence-electron chi connectivity index (χ1n) is 17.7. The summed E-state index contributed by atoms with van der Waals surface area (Å²) in [6, 6.07) is -0.0417. The molecule has 0 aliphatic carbocycles. The van der Waals surface area contributed by atoms with Gasteiger partial charge >= 0.3 is 18.1 Å². The molecule has 290 valence electrons. The predicted octanol–water partition coefficient (Wildman–Crippen LogP) is 6.17. The third-order valence-corrected chi connectivity index (χ3v) is 12.8. The Morgan fingerprint density at radius 2 is 1.78 bits per heavy atom. The summed E-state index contributed by atoms with van der Waals surface area (Å²) in [5.41, 5.74) is 0.274. The van der Waals surface area contributed by atoms with E-state index in [0.29, 0.717) is 37.3 Å². The van der Waals surface area contributed by atoms with E-state index in [9.17, 15) is 29.4 Å². The molecule has 0 radical (unpaired) electrons. The molecule has 1 saturated heterocycles. The van der Waals surface area contributed by atoms with E-state index in [1.807, 2.05) is 32.2 Å². The van der Waals surface area contributed by atoms with Gasteiger partial charge in [-0.3, -0.25) is 14.4 Å². The number of nitrogens with zero attached hydrogens (tertiary/aromatic N) is 1. The van der Waals surface area contributed by atoms with Crippen LogP contribution < -0.4 is 5.32 Å². The van der Waals surface area contributed by atoms with Crippen LogP contribution in [0.25, 0.3) is 6.08 Å². The van der Waals surface area contributed by atoms with Crippen molar-refractivity contribution in [3.8, 4) is 0 Å². The third-order valence-electron chi connectivity index (χ3n) is 9.46. The minimum Gasteiger partial charge on any atom is -0.481 e. The summed E-state index contributed by atoms with van der Waals surface area (Å²) in [7, 11) is 2.85. The second-order valence-electron chi connectivity index (χ2n) is 14.1. The van der Waals surface area contributed by atoms with Gasteiger partial charge in [-0.1, -0.05) is 62.6 Å². The summed E-state index contributed by atoms with van der Waals surface area (Å²) in [5.74, 6) is -3.19. The average Bonchev–Trinajstić information content (AvgIpc) is 3.50. The van der Waals surface area contributed by atoms with Crippen LogP contribution in [0.4, 0.5) is 4.79 Å². The van der Waals surface area contributed by atoms with Crippen LogP contribution in [0, 0.1) is 36.0 Å². The number of carbonyl (C=O) groups excluding carboxylic acids is 3. The fourth-order valence-corrected chi connectivity index (χ4v) is 8.71. The number of aryl methyl sites for hydroxylation is 1. The number of ketones is 1. The number of carbonyl (C=O) groups is 4. The minimum absolute atomic E-state index is 0.0417. The van der Waals surface area contributed by atoms with Crippen molar-refractivity contribution in [3.05, 3.63) is 21.7 Å². The number of thiazole rings is 1. The van der Waals surface area contributed by atoms with Crippen molar-refractivity contribution in [2.24, 2.45) is 29.1 Å². The number of carboxylic acid groups (broad SMARTS) is 1. The molecule has 8 atom stereocenters. The number of carboxylic acids is 1. The van der Waals surface area contributed by atoms with E-state index in [1.165, 1.54) is 32.9 Å². The Bertz CT molecular complexity index is 1310. The lowest BCUT2D eigenvalue weighted by atomic mass is 9.71. The van der Waals surface area contributed by atoms with Gasteiger partial charge in [-0.15, -0.1) is 11.3 Å². The number of esters is 1. The van der Waals surface area contributed by atoms with E-state index in [0.717, 1.165) is 29.1 Å². The summed E-state index contributed by atoms with van der Waals surface area (Å²) < 4.78 is 16.4. The number of rotatable bonds is 13. The Morgan fingerprint density at radius 3 is 2.43 bits per heavy atom. The highest BCUT2D eigenvalue weighted by Gasteiger charge is 2.45. The maximum Gasteiger partial charge on any atom is 0.508 e. The first-order chi connectivity index (χ1) is 23.9. The normalized spacial score (nSPS) is 27.7. The van der Waals surface area contributed by atoms with Crippen molar-refractivity contribution < 1.29 is 48.7 Å². The molecule has 0 amide bonds. The number of aliphatic carboxylic acids is 1. The van der Waals surface area contributed by atoms with Crippen LogP contribution in [-0.2, 0) is 28.6 Å². The van der Waals surface area contributed by atoms with Crippen molar-refractivity contribution >= 4 is 62.9 Å². The van der Waals surface area contributed by atoms with E-state index in [2.05, 4.69) is 10.3 Å². The molecule has 1 aliphatic rings. The maximum atomic E-state index is 13.6. The Morgan fingerprint density at radius 1 is 1.10 bits per heavy atom. The molecule has 0 aromatic carbocycles. The third kappa shape index (κ3) is 15.0. The summed E-state index contributed by atoms with van der Waals surface area (Å²) >= 11 is 1.52. The smallest absolute Gasteiger partial charge is 0.481 e. The van der Waals surface area contributed by atoms with Crippen LogP contribution in [-0.4, -0.2) is 99.8 Å². The molecule has 2 rings (SSSR count). The summed E-state index contributed by atoms with van der Waals surface area (Å²) in [6.45, 7) is 14.4. The predicted molar refractivity (Wildman–Crippen MR) is 203 cm³/mol. The molecule has 12 nitrogen and oxygen atoms in total. The standard InChI is InChI=1S/C36H58N2O10S3/c1-21-10-9-11-27(37-14-15-46-35(45)47-16-17-50-51-19-23(3)33(42)43)12-13-29(22(2)18-28-20-49-26(6)38-28)48-34(44)25(5)32(41)36(7,8)31(40)24(4)30(21)39/h18,20-21,23-25,27,29-30,32,37,39,41H,9-17,19H2,1-8H3,(H,42,43)/b22-18+/t21?,23?,24?,25?,27?,29?,30?,32-/m0/s1. The quantitative estimate of drug-likeness (QED) is 0.101. The monoisotopic (exact) mass is 774 g/mol. The van der Waals surface area contributed by atoms with Gasteiger partial charge in [0.15, 0.2) is 0 Å². The summed E-state index contributed by atoms with van der Waals surface area (Å²) in [4.78, 5) is 54.7. The Hall–Kier alpha value is -2.17. The zero-order valence-corrected chi connectivity index (χ0v) is 33.7. The molecule has 1 aliphatic heterocycles. The lowest BCUT2D eigenvalue weighted by Gasteiger charge is -2.37. The number of cyclic esters (lactones) is 1. The first-order valence-corrected chi connectivity index (χ1v) is 21.0. The van der Waals surface area contributed by atoms with Crippen LogP contribution in [0.5, 0.6) is 0 Å². The van der Waals surface area contributed by atoms with Crippen LogP contribution in [0.2, 0.25) is 0 Å². The van der Waals surface area contributed by atoms with Crippen molar-refractivity contribution in [2.75, 3.05) is 31.3 Å². The molecule has 0 bridgehead atoms. The zero-order chi connectivity index (χ0) is 38.3. The van der Waals surface area contributed by atoms with E-state index in [-0.39, 0.29) is 31.0 Å². The second kappa shape index (κ2) is 22.1. The number of aliphatic hydroxyl groups excluding tert-OH is 2. The van der Waals surface area contributed by atoms with Gasteiger partial charge in [0.05, 0.1) is 40.2 Å². The zero-order valence-electron chi connectivity index (χ0n) is 31.2. The SMILES string of the molecule is C/C(=C\c1csc(C)n1)C1CCC(NCCOC(=O)OCCSSCC(C)C(=O)O)CCCC(C)C(O)C(C)C(=O)C(C)(C)[C@@H](O)C(C)C(=O)O1. The van der Waals surface area contributed by atoms with Gasteiger partial charge in [-0.05, 0) is 64.0 Å². The van der Waals surface area contributed by atoms with Crippen molar-refractivity contribution in [1.82, 2.24) is 10.3 Å². The number of aromatic nitrogens is 1. The van der Waals surface area contributed by atoms with Crippen LogP contribution in [0.15, 0.2) is 11.0 Å².